The summed E-state index contributed by atoms with van der Waals surface area (Å²) in [6.45, 7) is 1.24. The Morgan fingerprint density at radius 2 is 1.94 bits per heavy atom. The SMILES string of the molecule is COCCCOc1cc(CO)ccc1OC. The number of methoxy groups -OCH3 is 2. The molecule has 1 aromatic rings. The normalized spacial score (nSPS) is 10.2. The molecular formula is C12H18O4. The third-order valence-corrected chi connectivity index (χ3v) is 2.16. The van der Waals surface area contributed by atoms with E-state index in [2.05, 4.69) is 0 Å². The minimum absolute atomic E-state index is 0.00156. The molecule has 0 unspecified atom stereocenters. The van der Waals surface area contributed by atoms with Crippen LogP contribution in [0.3, 0.4) is 0 Å². The highest BCUT2D eigenvalue weighted by Gasteiger charge is 2.05. The van der Waals surface area contributed by atoms with Crippen LogP contribution in [-0.2, 0) is 11.3 Å². The van der Waals surface area contributed by atoms with Gasteiger partial charge < -0.3 is 19.3 Å². The topological polar surface area (TPSA) is 47.9 Å². The molecule has 4 heteroatoms. The standard InChI is InChI=1S/C12H18O4/c1-14-6-3-7-16-12-8-10(9-13)4-5-11(12)15-2/h4-5,8,13H,3,6-7,9H2,1-2H3. The molecule has 1 aromatic carbocycles. The molecule has 1 N–H and O–H groups in total. The van der Waals surface area contributed by atoms with Gasteiger partial charge >= 0.3 is 0 Å². The van der Waals surface area contributed by atoms with E-state index in [1.165, 1.54) is 0 Å². The number of ether oxygens (including phenoxy) is 3. The quantitative estimate of drug-likeness (QED) is 0.717. The maximum Gasteiger partial charge on any atom is 0.161 e. The van der Waals surface area contributed by atoms with Gasteiger partial charge in [0.2, 0.25) is 0 Å². The lowest BCUT2D eigenvalue weighted by atomic mass is 10.2. The van der Waals surface area contributed by atoms with Gasteiger partial charge in [-0.25, -0.2) is 0 Å². The fourth-order valence-electron chi connectivity index (χ4n) is 1.32. The molecule has 0 radical (unpaired) electrons. The highest BCUT2D eigenvalue weighted by Crippen LogP contribution is 2.28. The number of benzene rings is 1. The Balaban J connectivity index is 2.60. The van der Waals surface area contributed by atoms with Crippen LogP contribution in [-0.4, -0.2) is 32.5 Å². The van der Waals surface area contributed by atoms with E-state index in [1.807, 2.05) is 0 Å². The van der Waals surface area contributed by atoms with Gasteiger partial charge in [-0.2, -0.15) is 0 Å². The average molecular weight is 226 g/mol. The van der Waals surface area contributed by atoms with Gasteiger partial charge in [0.1, 0.15) is 0 Å². The Labute approximate surface area is 95.8 Å². The van der Waals surface area contributed by atoms with Gasteiger partial charge in [-0.3, -0.25) is 0 Å². The first-order valence-corrected chi connectivity index (χ1v) is 5.21. The van der Waals surface area contributed by atoms with E-state index < -0.39 is 0 Å². The van der Waals surface area contributed by atoms with Gasteiger partial charge in [0, 0.05) is 20.1 Å². The van der Waals surface area contributed by atoms with Crippen LogP contribution in [0.4, 0.5) is 0 Å². The van der Waals surface area contributed by atoms with Gasteiger partial charge in [0.25, 0.3) is 0 Å². The van der Waals surface area contributed by atoms with E-state index in [0.29, 0.717) is 24.7 Å². The first-order valence-electron chi connectivity index (χ1n) is 5.21. The minimum Gasteiger partial charge on any atom is -0.493 e. The second-order valence-electron chi connectivity index (χ2n) is 3.34. The summed E-state index contributed by atoms with van der Waals surface area (Å²) in [7, 11) is 3.25. The molecule has 1 rings (SSSR count). The Bertz CT molecular complexity index is 312. The molecular weight excluding hydrogens is 208 g/mol. The van der Waals surface area contributed by atoms with Gasteiger partial charge in [0.05, 0.1) is 20.3 Å². The van der Waals surface area contributed by atoms with E-state index in [1.54, 1.807) is 32.4 Å². The van der Waals surface area contributed by atoms with E-state index in [-0.39, 0.29) is 6.61 Å². The lowest BCUT2D eigenvalue weighted by molar-refractivity contribution is 0.170. The highest BCUT2D eigenvalue weighted by atomic mass is 16.5. The number of hydrogen-bond acceptors (Lipinski definition) is 4. The Morgan fingerprint density at radius 1 is 1.12 bits per heavy atom. The minimum atomic E-state index is -0.00156. The summed E-state index contributed by atoms with van der Waals surface area (Å²) >= 11 is 0. The van der Waals surface area contributed by atoms with Crippen LogP contribution in [0.2, 0.25) is 0 Å². The molecule has 0 aliphatic rings. The number of aliphatic hydroxyl groups is 1. The number of rotatable bonds is 7. The summed E-state index contributed by atoms with van der Waals surface area (Å²) in [5, 5.41) is 9.02. The van der Waals surface area contributed by atoms with Crippen molar-refractivity contribution < 1.29 is 19.3 Å². The van der Waals surface area contributed by atoms with Gasteiger partial charge in [0.15, 0.2) is 11.5 Å². The van der Waals surface area contributed by atoms with Crippen molar-refractivity contribution in [2.45, 2.75) is 13.0 Å². The lowest BCUT2D eigenvalue weighted by Gasteiger charge is -2.11. The molecule has 0 atom stereocenters. The van der Waals surface area contributed by atoms with Crippen molar-refractivity contribution in [3.63, 3.8) is 0 Å². The zero-order valence-electron chi connectivity index (χ0n) is 9.73. The van der Waals surface area contributed by atoms with Crippen molar-refractivity contribution in [2.75, 3.05) is 27.4 Å². The summed E-state index contributed by atoms with van der Waals surface area (Å²) < 4.78 is 15.7. The van der Waals surface area contributed by atoms with Gasteiger partial charge in [-0.05, 0) is 17.7 Å². The molecule has 90 valence electrons. The lowest BCUT2D eigenvalue weighted by Crippen LogP contribution is -2.03. The first kappa shape index (κ1) is 12.8. The van der Waals surface area contributed by atoms with Crippen LogP contribution in [0.15, 0.2) is 18.2 Å². The molecule has 16 heavy (non-hydrogen) atoms. The smallest absolute Gasteiger partial charge is 0.161 e. The molecule has 0 fully saturated rings. The van der Waals surface area contributed by atoms with E-state index in [9.17, 15) is 0 Å². The van der Waals surface area contributed by atoms with Crippen molar-refractivity contribution >= 4 is 0 Å². The fraction of sp³-hybridized carbons (Fsp3) is 0.500. The summed E-state index contributed by atoms with van der Waals surface area (Å²) in [5.74, 6) is 1.33. The summed E-state index contributed by atoms with van der Waals surface area (Å²) in [5.41, 5.74) is 0.808. The average Bonchev–Trinajstić information content (AvgIpc) is 2.34. The van der Waals surface area contributed by atoms with E-state index in [0.717, 1.165) is 12.0 Å². The molecule has 0 heterocycles. The third-order valence-electron chi connectivity index (χ3n) is 2.16. The molecule has 0 amide bonds. The largest absolute Gasteiger partial charge is 0.493 e. The molecule has 0 bridgehead atoms. The molecule has 0 aliphatic carbocycles. The zero-order valence-corrected chi connectivity index (χ0v) is 9.73. The number of aliphatic hydroxyl groups excluding tert-OH is 1. The monoisotopic (exact) mass is 226 g/mol. The van der Waals surface area contributed by atoms with Crippen LogP contribution in [0.25, 0.3) is 0 Å². The molecule has 0 aromatic heterocycles. The molecule has 0 saturated carbocycles. The molecule has 0 spiro atoms. The maximum absolute atomic E-state index is 9.02. The van der Waals surface area contributed by atoms with Crippen molar-refractivity contribution in [3.05, 3.63) is 23.8 Å². The van der Waals surface area contributed by atoms with Crippen LogP contribution >= 0.6 is 0 Å². The molecule has 0 saturated heterocycles. The van der Waals surface area contributed by atoms with E-state index in [4.69, 9.17) is 19.3 Å². The Morgan fingerprint density at radius 3 is 2.56 bits per heavy atom. The summed E-state index contributed by atoms with van der Waals surface area (Å²) in [6, 6.07) is 5.38. The van der Waals surface area contributed by atoms with Crippen molar-refractivity contribution in [1.29, 1.82) is 0 Å². The highest BCUT2D eigenvalue weighted by molar-refractivity contribution is 5.42. The van der Waals surface area contributed by atoms with Crippen LogP contribution in [0.1, 0.15) is 12.0 Å². The van der Waals surface area contributed by atoms with Gasteiger partial charge in [-0.15, -0.1) is 0 Å². The predicted molar refractivity (Wildman–Crippen MR) is 60.9 cm³/mol. The van der Waals surface area contributed by atoms with Crippen LogP contribution in [0, 0.1) is 0 Å². The second-order valence-corrected chi connectivity index (χ2v) is 3.34. The third kappa shape index (κ3) is 3.72. The zero-order chi connectivity index (χ0) is 11.8. The fourth-order valence-corrected chi connectivity index (χ4v) is 1.32. The van der Waals surface area contributed by atoms with Crippen LogP contribution in [0.5, 0.6) is 11.5 Å². The first-order chi connectivity index (χ1) is 7.81. The number of hydrogen-bond donors (Lipinski definition) is 1. The van der Waals surface area contributed by atoms with Crippen molar-refractivity contribution in [3.8, 4) is 11.5 Å². The summed E-state index contributed by atoms with van der Waals surface area (Å²) in [6.07, 6.45) is 0.822. The second kappa shape index (κ2) is 7.09. The molecule has 0 aliphatic heterocycles. The Hall–Kier alpha value is -1.26. The maximum atomic E-state index is 9.02. The predicted octanol–water partition coefficient (Wildman–Crippen LogP) is 1.60. The van der Waals surface area contributed by atoms with Crippen LogP contribution < -0.4 is 9.47 Å². The van der Waals surface area contributed by atoms with Gasteiger partial charge in [-0.1, -0.05) is 6.07 Å². The van der Waals surface area contributed by atoms with E-state index >= 15 is 0 Å². The van der Waals surface area contributed by atoms with Crippen molar-refractivity contribution in [1.82, 2.24) is 0 Å². The van der Waals surface area contributed by atoms with Crippen molar-refractivity contribution in [2.24, 2.45) is 0 Å². The molecule has 4 nitrogen and oxygen atoms in total. The Kier molecular flexibility index (Phi) is 5.67. The summed E-state index contributed by atoms with van der Waals surface area (Å²) in [4.78, 5) is 0.